The summed E-state index contributed by atoms with van der Waals surface area (Å²) in [5.74, 6) is 1.03. The van der Waals surface area contributed by atoms with Crippen LogP contribution >= 0.6 is 11.3 Å². The predicted octanol–water partition coefficient (Wildman–Crippen LogP) is 5.77. The van der Waals surface area contributed by atoms with Gasteiger partial charge >= 0.3 is 0 Å². The van der Waals surface area contributed by atoms with E-state index in [0.717, 1.165) is 43.8 Å². The molecule has 0 radical (unpaired) electrons. The zero-order valence-electron chi connectivity index (χ0n) is 20.6. The number of pyridine rings is 3. The van der Waals surface area contributed by atoms with E-state index in [1.54, 1.807) is 36.1 Å². The van der Waals surface area contributed by atoms with Crippen molar-refractivity contribution in [3.63, 3.8) is 0 Å². The fraction of sp³-hybridized carbons (Fsp3) is 0.222. The summed E-state index contributed by atoms with van der Waals surface area (Å²) < 4.78 is 0. The summed E-state index contributed by atoms with van der Waals surface area (Å²) in [4.78, 5) is 24.2. The number of fused-ring (bicyclic) bond motifs is 2. The van der Waals surface area contributed by atoms with Crippen molar-refractivity contribution in [2.45, 2.75) is 33.4 Å². The van der Waals surface area contributed by atoms with Crippen LogP contribution in [0.3, 0.4) is 0 Å². The Kier molecular flexibility index (Phi) is 5.90. The van der Waals surface area contributed by atoms with E-state index in [0.29, 0.717) is 29.5 Å². The Morgan fingerprint density at radius 3 is 2.70 bits per heavy atom. The molecule has 186 valence electrons. The standard InChI is InChI=1S/C27H26N8OS/c1-14(2)8-22(36)31-18-9-16(11-28-13-18)17-10-19-23(34-35-26(19)30-12-17)27-32-20-6-7-29-25(24(20)33-27)21-5-4-15(3)37-21/h4-7,9-14,22,31,36H,8H2,1-3H3,(H,32,33)(H,30,34,35). The molecule has 6 heterocycles. The van der Waals surface area contributed by atoms with Crippen LogP contribution in [-0.4, -0.2) is 46.5 Å². The number of rotatable bonds is 7. The SMILES string of the molecule is Cc1ccc(-c2nccc3[nH]c(-c4n[nH]c5ncc(-c6cncc(NC(O)CC(C)C)c6)cc45)nc23)s1. The van der Waals surface area contributed by atoms with Crippen molar-refractivity contribution < 1.29 is 5.11 Å². The lowest BCUT2D eigenvalue weighted by atomic mass is 10.1. The summed E-state index contributed by atoms with van der Waals surface area (Å²) in [5, 5.41) is 21.8. The van der Waals surface area contributed by atoms with E-state index in [9.17, 15) is 5.11 Å². The molecule has 0 amide bonds. The average molecular weight is 511 g/mol. The van der Waals surface area contributed by atoms with Gasteiger partial charge in [-0.05, 0) is 49.6 Å². The first-order valence-corrected chi connectivity index (χ1v) is 12.9. The first-order valence-electron chi connectivity index (χ1n) is 12.1. The molecular weight excluding hydrogens is 484 g/mol. The van der Waals surface area contributed by atoms with Crippen molar-refractivity contribution in [1.29, 1.82) is 0 Å². The highest BCUT2D eigenvalue weighted by molar-refractivity contribution is 7.15. The van der Waals surface area contributed by atoms with Crippen LogP contribution in [0.15, 0.2) is 55.1 Å². The molecular formula is C27H26N8OS. The van der Waals surface area contributed by atoms with Gasteiger partial charge in [0, 0.05) is 34.6 Å². The van der Waals surface area contributed by atoms with Crippen molar-refractivity contribution in [3.05, 3.63) is 60.0 Å². The Bertz CT molecular complexity index is 1720. The molecule has 1 atom stereocenters. The van der Waals surface area contributed by atoms with E-state index in [1.807, 2.05) is 18.2 Å². The van der Waals surface area contributed by atoms with Crippen LogP contribution in [0.2, 0.25) is 0 Å². The molecule has 0 bridgehead atoms. The van der Waals surface area contributed by atoms with E-state index in [1.165, 1.54) is 4.88 Å². The van der Waals surface area contributed by atoms with E-state index in [2.05, 4.69) is 68.4 Å². The second-order valence-corrected chi connectivity index (χ2v) is 10.8. The van der Waals surface area contributed by atoms with Gasteiger partial charge in [0.1, 0.15) is 23.1 Å². The summed E-state index contributed by atoms with van der Waals surface area (Å²) in [5.41, 5.74) is 6.43. The topological polar surface area (TPSA) is 128 Å². The first kappa shape index (κ1) is 23.3. The van der Waals surface area contributed by atoms with Crippen molar-refractivity contribution >= 4 is 39.1 Å². The smallest absolute Gasteiger partial charge is 0.159 e. The van der Waals surface area contributed by atoms with Crippen molar-refractivity contribution in [3.8, 4) is 33.2 Å². The molecule has 6 aromatic heterocycles. The summed E-state index contributed by atoms with van der Waals surface area (Å²) >= 11 is 1.70. The number of H-pyrrole nitrogens is 2. The maximum atomic E-state index is 10.3. The summed E-state index contributed by atoms with van der Waals surface area (Å²) in [6, 6.07) is 10.1. The number of aliphatic hydroxyl groups is 1. The molecule has 10 heteroatoms. The number of aliphatic hydroxyl groups excluding tert-OH is 1. The second-order valence-electron chi connectivity index (χ2n) is 9.50. The highest BCUT2D eigenvalue weighted by atomic mass is 32.1. The molecule has 0 fully saturated rings. The molecule has 0 aromatic carbocycles. The van der Waals surface area contributed by atoms with Crippen LogP contribution in [-0.2, 0) is 0 Å². The van der Waals surface area contributed by atoms with Crippen molar-refractivity contribution in [2.75, 3.05) is 5.32 Å². The van der Waals surface area contributed by atoms with Crippen LogP contribution in [0.4, 0.5) is 5.69 Å². The van der Waals surface area contributed by atoms with E-state index in [4.69, 9.17) is 4.98 Å². The number of thiophene rings is 1. The number of hydrogen-bond donors (Lipinski definition) is 4. The van der Waals surface area contributed by atoms with Gasteiger partial charge in [0.25, 0.3) is 0 Å². The van der Waals surface area contributed by atoms with Crippen LogP contribution < -0.4 is 5.32 Å². The van der Waals surface area contributed by atoms with Gasteiger partial charge < -0.3 is 15.4 Å². The lowest BCUT2D eigenvalue weighted by Crippen LogP contribution is -2.20. The third-order valence-electron chi connectivity index (χ3n) is 6.11. The molecule has 0 saturated carbocycles. The first-order chi connectivity index (χ1) is 17.9. The third kappa shape index (κ3) is 4.56. The van der Waals surface area contributed by atoms with Gasteiger partial charge in [-0.2, -0.15) is 5.10 Å². The Hall–Kier alpha value is -4.15. The summed E-state index contributed by atoms with van der Waals surface area (Å²) in [7, 11) is 0. The van der Waals surface area contributed by atoms with Gasteiger partial charge in [-0.1, -0.05) is 13.8 Å². The molecule has 0 aliphatic carbocycles. The lowest BCUT2D eigenvalue weighted by Gasteiger charge is -2.16. The predicted molar refractivity (Wildman–Crippen MR) is 147 cm³/mol. The van der Waals surface area contributed by atoms with Crippen molar-refractivity contribution in [2.24, 2.45) is 5.92 Å². The molecule has 0 aliphatic heterocycles. The number of nitrogens with one attached hydrogen (secondary N) is 3. The number of imidazole rings is 1. The Morgan fingerprint density at radius 2 is 1.89 bits per heavy atom. The fourth-order valence-electron chi connectivity index (χ4n) is 4.41. The molecule has 4 N–H and O–H groups in total. The second kappa shape index (κ2) is 9.38. The molecule has 0 spiro atoms. The average Bonchev–Trinajstić information content (AvgIpc) is 3.60. The quantitative estimate of drug-likeness (QED) is 0.201. The number of aromatic nitrogens is 7. The summed E-state index contributed by atoms with van der Waals surface area (Å²) in [6.07, 6.45) is 7.08. The normalized spacial score (nSPS) is 12.6. The van der Waals surface area contributed by atoms with Crippen molar-refractivity contribution in [1.82, 2.24) is 35.1 Å². The number of aromatic amines is 2. The number of aryl methyl sites for hydroxylation is 1. The highest BCUT2D eigenvalue weighted by Gasteiger charge is 2.18. The zero-order valence-corrected chi connectivity index (χ0v) is 21.5. The molecule has 6 aromatic rings. The zero-order chi connectivity index (χ0) is 25.5. The van der Waals surface area contributed by atoms with Gasteiger partial charge in [0.05, 0.1) is 27.7 Å². The van der Waals surface area contributed by atoms with Crippen LogP contribution in [0, 0.1) is 12.8 Å². The molecule has 9 nitrogen and oxygen atoms in total. The number of hydrogen-bond acceptors (Lipinski definition) is 8. The maximum absolute atomic E-state index is 10.3. The molecule has 6 rings (SSSR count). The van der Waals surface area contributed by atoms with Crippen LogP contribution in [0.5, 0.6) is 0 Å². The summed E-state index contributed by atoms with van der Waals surface area (Å²) in [6.45, 7) is 6.23. The van der Waals surface area contributed by atoms with Gasteiger partial charge in [0.15, 0.2) is 11.5 Å². The van der Waals surface area contributed by atoms with Gasteiger partial charge in [-0.25, -0.2) is 9.97 Å². The molecule has 1 unspecified atom stereocenters. The minimum atomic E-state index is -0.635. The highest BCUT2D eigenvalue weighted by Crippen LogP contribution is 2.34. The molecule has 0 aliphatic rings. The molecule has 0 saturated heterocycles. The van der Waals surface area contributed by atoms with Gasteiger partial charge in [0.2, 0.25) is 0 Å². The number of nitrogens with zero attached hydrogens (tertiary/aromatic N) is 5. The lowest BCUT2D eigenvalue weighted by molar-refractivity contribution is 0.176. The Balaban J connectivity index is 1.37. The monoisotopic (exact) mass is 510 g/mol. The third-order valence-corrected chi connectivity index (χ3v) is 7.12. The fourth-order valence-corrected chi connectivity index (χ4v) is 5.27. The maximum Gasteiger partial charge on any atom is 0.159 e. The minimum absolute atomic E-state index is 0.379. The van der Waals surface area contributed by atoms with Crippen LogP contribution in [0.25, 0.3) is 55.3 Å². The van der Waals surface area contributed by atoms with Crippen LogP contribution in [0.1, 0.15) is 25.1 Å². The van der Waals surface area contributed by atoms with Gasteiger partial charge in [-0.15, -0.1) is 11.3 Å². The Morgan fingerprint density at radius 1 is 1.03 bits per heavy atom. The van der Waals surface area contributed by atoms with E-state index >= 15 is 0 Å². The van der Waals surface area contributed by atoms with Gasteiger partial charge in [-0.3, -0.25) is 15.1 Å². The minimum Gasteiger partial charge on any atom is -0.374 e. The van der Waals surface area contributed by atoms with E-state index < -0.39 is 6.23 Å². The number of anilines is 1. The van der Waals surface area contributed by atoms with E-state index in [-0.39, 0.29) is 0 Å². The molecule has 37 heavy (non-hydrogen) atoms. The largest absolute Gasteiger partial charge is 0.374 e. The Labute approximate surface area is 217 Å².